The molecular weight excluding hydrogens is 268 g/mol. The van der Waals surface area contributed by atoms with Crippen LogP contribution in [0, 0.1) is 0 Å². The van der Waals surface area contributed by atoms with Gasteiger partial charge in [-0.25, -0.2) is 0 Å². The highest BCUT2D eigenvalue weighted by atomic mass is 14.9. The van der Waals surface area contributed by atoms with Crippen molar-refractivity contribution in [2.24, 2.45) is 0 Å². The van der Waals surface area contributed by atoms with Gasteiger partial charge in [-0.1, -0.05) is 59.7 Å². The summed E-state index contributed by atoms with van der Waals surface area (Å²) in [7, 11) is 0. The van der Waals surface area contributed by atoms with Gasteiger partial charge in [0, 0.05) is 5.69 Å². The third kappa shape index (κ3) is 3.82. The van der Waals surface area contributed by atoms with Crippen molar-refractivity contribution in [1.29, 1.82) is 0 Å². The lowest BCUT2D eigenvalue weighted by Gasteiger charge is -2.22. The Morgan fingerprint density at radius 2 is 1.23 bits per heavy atom. The van der Waals surface area contributed by atoms with Gasteiger partial charge in [-0.05, 0) is 46.2 Å². The molecule has 0 aromatic heterocycles. The molecule has 2 rings (SSSR count). The van der Waals surface area contributed by atoms with Gasteiger partial charge in [-0.2, -0.15) is 0 Å². The van der Waals surface area contributed by atoms with Crippen molar-refractivity contribution in [3.8, 4) is 0 Å². The Bertz CT molecular complexity index is 641. The molecule has 0 atom stereocenters. The number of nitrogens with one attached hydrogen (secondary N) is 1. The smallest absolute Gasteiger partial charge is 0.0620 e. The third-order valence-corrected chi connectivity index (χ3v) is 3.95. The van der Waals surface area contributed by atoms with Crippen LogP contribution in [-0.4, -0.2) is 0 Å². The van der Waals surface area contributed by atoms with Crippen molar-refractivity contribution in [2.45, 2.75) is 52.4 Å². The summed E-state index contributed by atoms with van der Waals surface area (Å²) in [4.78, 5) is 0. The first-order valence-corrected chi connectivity index (χ1v) is 7.85. The van der Waals surface area contributed by atoms with E-state index in [0.717, 1.165) is 17.1 Å². The minimum atomic E-state index is 0.111. The molecule has 0 amide bonds. The zero-order chi connectivity index (χ0) is 16.5. The first-order valence-electron chi connectivity index (χ1n) is 7.85. The van der Waals surface area contributed by atoms with E-state index in [1.165, 1.54) is 11.1 Å². The van der Waals surface area contributed by atoms with E-state index in [0.29, 0.717) is 0 Å². The van der Waals surface area contributed by atoms with Crippen molar-refractivity contribution < 1.29 is 0 Å². The van der Waals surface area contributed by atoms with Gasteiger partial charge in [0.25, 0.3) is 0 Å². The van der Waals surface area contributed by atoms with Crippen molar-refractivity contribution in [3.05, 3.63) is 53.6 Å². The van der Waals surface area contributed by atoms with E-state index in [2.05, 4.69) is 83.3 Å². The molecule has 0 saturated carbocycles. The Hall–Kier alpha value is -1.96. The lowest BCUT2D eigenvalue weighted by atomic mass is 9.86. The van der Waals surface area contributed by atoms with Crippen molar-refractivity contribution >= 4 is 17.1 Å². The van der Waals surface area contributed by atoms with Gasteiger partial charge in [-0.3, -0.25) is 0 Å². The molecule has 0 spiro atoms. The van der Waals surface area contributed by atoms with Gasteiger partial charge in [0.1, 0.15) is 0 Å². The summed E-state index contributed by atoms with van der Waals surface area (Å²) in [6.45, 7) is 13.3. The lowest BCUT2D eigenvalue weighted by Crippen LogP contribution is -2.12. The van der Waals surface area contributed by atoms with Gasteiger partial charge in [0.05, 0.1) is 11.4 Å². The van der Waals surface area contributed by atoms with E-state index in [1.54, 1.807) is 0 Å². The number of anilines is 3. The Morgan fingerprint density at radius 3 is 1.73 bits per heavy atom. The molecule has 2 nitrogen and oxygen atoms in total. The summed E-state index contributed by atoms with van der Waals surface area (Å²) in [5.41, 5.74) is 11.8. The van der Waals surface area contributed by atoms with Crippen LogP contribution < -0.4 is 11.1 Å². The molecule has 2 heteroatoms. The molecule has 3 N–H and O–H groups in total. The molecule has 0 unspecified atom stereocenters. The number of hydrogen-bond donors (Lipinski definition) is 2. The van der Waals surface area contributed by atoms with E-state index in [4.69, 9.17) is 5.73 Å². The number of hydrogen-bond acceptors (Lipinski definition) is 2. The van der Waals surface area contributed by atoms with E-state index in [9.17, 15) is 0 Å². The topological polar surface area (TPSA) is 38.0 Å². The zero-order valence-electron chi connectivity index (χ0n) is 14.6. The molecule has 0 aliphatic heterocycles. The van der Waals surface area contributed by atoms with Crippen molar-refractivity contribution in [2.75, 3.05) is 11.1 Å². The second-order valence-corrected chi connectivity index (χ2v) is 8.00. The fraction of sp³-hybridized carbons (Fsp3) is 0.400. The number of rotatable bonds is 2. The summed E-state index contributed by atoms with van der Waals surface area (Å²) in [5.74, 6) is 0. The standard InChI is InChI=1S/C20H28N2/c1-19(2,3)14-7-10-16(11-8-14)22-18-13-15(20(4,5)6)9-12-17(18)21/h7-13,22H,21H2,1-6H3. The predicted octanol–water partition coefficient (Wildman–Crippen LogP) is 5.61. The predicted molar refractivity (Wildman–Crippen MR) is 98.0 cm³/mol. The Morgan fingerprint density at radius 1 is 0.727 bits per heavy atom. The highest BCUT2D eigenvalue weighted by molar-refractivity contribution is 5.73. The molecule has 22 heavy (non-hydrogen) atoms. The van der Waals surface area contributed by atoms with Gasteiger partial charge >= 0.3 is 0 Å². The molecule has 0 heterocycles. The molecule has 0 aliphatic rings. The molecule has 2 aromatic rings. The van der Waals surface area contributed by atoms with Crippen molar-refractivity contribution in [1.82, 2.24) is 0 Å². The highest BCUT2D eigenvalue weighted by Gasteiger charge is 2.16. The maximum Gasteiger partial charge on any atom is 0.0620 e. The summed E-state index contributed by atoms with van der Waals surface area (Å²) in [5, 5.41) is 3.44. The molecule has 0 radical (unpaired) electrons. The SMILES string of the molecule is CC(C)(C)c1ccc(Nc2cc(C(C)(C)C)ccc2N)cc1. The number of nitrogen functional groups attached to an aromatic ring is 1. The van der Waals surface area contributed by atoms with Crippen LogP contribution in [-0.2, 0) is 10.8 Å². The Balaban J connectivity index is 2.27. The van der Waals surface area contributed by atoms with E-state index >= 15 is 0 Å². The first kappa shape index (κ1) is 16.4. The number of nitrogens with two attached hydrogens (primary N) is 1. The molecule has 0 aliphatic carbocycles. The van der Waals surface area contributed by atoms with Crippen LogP contribution in [0.15, 0.2) is 42.5 Å². The molecule has 0 saturated heterocycles. The van der Waals surface area contributed by atoms with Crippen LogP contribution in [0.3, 0.4) is 0 Å². The Kier molecular flexibility index (Phi) is 4.23. The highest BCUT2D eigenvalue weighted by Crippen LogP contribution is 2.31. The quantitative estimate of drug-likeness (QED) is 0.707. The fourth-order valence-electron chi connectivity index (χ4n) is 2.34. The second kappa shape index (κ2) is 5.68. The van der Waals surface area contributed by atoms with Crippen LogP contribution >= 0.6 is 0 Å². The maximum absolute atomic E-state index is 6.12. The first-order chi connectivity index (χ1) is 10.1. The minimum Gasteiger partial charge on any atom is -0.397 e. The van der Waals surface area contributed by atoms with Gasteiger partial charge < -0.3 is 11.1 Å². The van der Waals surface area contributed by atoms with Gasteiger partial charge in [0.2, 0.25) is 0 Å². The molecule has 0 bridgehead atoms. The summed E-state index contributed by atoms with van der Waals surface area (Å²) in [6.07, 6.45) is 0. The lowest BCUT2D eigenvalue weighted by molar-refractivity contribution is 0.590. The third-order valence-electron chi connectivity index (χ3n) is 3.95. The summed E-state index contributed by atoms with van der Waals surface area (Å²) >= 11 is 0. The second-order valence-electron chi connectivity index (χ2n) is 8.00. The maximum atomic E-state index is 6.12. The largest absolute Gasteiger partial charge is 0.397 e. The molecule has 118 valence electrons. The van der Waals surface area contributed by atoms with Gasteiger partial charge in [-0.15, -0.1) is 0 Å². The molecule has 2 aromatic carbocycles. The number of benzene rings is 2. The molecule has 0 fully saturated rings. The van der Waals surface area contributed by atoms with Crippen LogP contribution in [0.25, 0.3) is 0 Å². The van der Waals surface area contributed by atoms with E-state index in [1.807, 2.05) is 6.07 Å². The van der Waals surface area contributed by atoms with E-state index < -0.39 is 0 Å². The van der Waals surface area contributed by atoms with Crippen LogP contribution in [0.1, 0.15) is 52.7 Å². The van der Waals surface area contributed by atoms with E-state index in [-0.39, 0.29) is 10.8 Å². The fourth-order valence-corrected chi connectivity index (χ4v) is 2.34. The Labute approximate surface area is 134 Å². The normalized spacial score (nSPS) is 12.3. The van der Waals surface area contributed by atoms with Crippen LogP contribution in [0.2, 0.25) is 0 Å². The van der Waals surface area contributed by atoms with Crippen LogP contribution in [0.4, 0.5) is 17.1 Å². The monoisotopic (exact) mass is 296 g/mol. The summed E-state index contributed by atoms with van der Waals surface area (Å²) in [6, 6.07) is 14.8. The average Bonchev–Trinajstić information content (AvgIpc) is 2.39. The van der Waals surface area contributed by atoms with Gasteiger partial charge in [0.15, 0.2) is 0 Å². The zero-order valence-corrected chi connectivity index (χ0v) is 14.6. The van der Waals surface area contributed by atoms with Crippen molar-refractivity contribution in [3.63, 3.8) is 0 Å². The summed E-state index contributed by atoms with van der Waals surface area (Å²) < 4.78 is 0. The average molecular weight is 296 g/mol. The molecular formula is C20H28N2. The van der Waals surface area contributed by atoms with Crippen LogP contribution in [0.5, 0.6) is 0 Å². The minimum absolute atomic E-state index is 0.111.